The van der Waals surface area contributed by atoms with Gasteiger partial charge in [0.15, 0.2) is 5.69 Å². The van der Waals surface area contributed by atoms with E-state index in [0.717, 1.165) is 6.42 Å². The first-order chi connectivity index (χ1) is 12.5. The monoisotopic (exact) mass is 378 g/mol. The highest BCUT2D eigenvalue weighted by Crippen LogP contribution is 2.26. The minimum Gasteiger partial charge on any atom is -0.497 e. The van der Waals surface area contributed by atoms with Crippen LogP contribution in [0.25, 0.3) is 0 Å². The van der Waals surface area contributed by atoms with Gasteiger partial charge in [-0.25, -0.2) is 9.78 Å². The standard InChI is InChI=1S/C18H22N2O5S/c1-5-8-20(10-16-19-14(11-26-16)18(22)25-4)17(21)13-7-6-12(23-2)9-15(13)24-3/h6-7,9,11H,5,8,10H2,1-4H3. The summed E-state index contributed by atoms with van der Waals surface area (Å²) in [6, 6.07) is 5.08. The molecule has 0 unspecified atom stereocenters. The van der Waals surface area contributed by atoms with E-state index < -0.39 is 5.97 Å². The Labute approximate surface area is 156 Å². The summed E-state index contributed by atoms with van der Waals surface area (Å²) in [5, 5.41) is 2.30. The highest BCUT2D eigenvalue weighted by Gasteiger charge is 2.21. The van der Waals surface area contributed by atoms with E-state index in [4.69, 9.17) is 9.47 Å². The number of nitrogens with zero attached hydrogens (tertiary/aromatic N) is 2. The van der Waals surface area contributed by atoms with Crippen molar-refractivity contribution < 1.29 is 23.8 Å². The number of carbonyl (C=O) groups is 2. The summed E-state index contributed by atoms with van der Waals surface area (Å²) in [6.45, 7) is 2.86. The number of amides is 1. The number of esters is 1. The van der Waals surface area contributed by atoms with Gasteiger partial charge in [-0.1, -0.05) is 6.92 Å². The quantitative estimate of drug-likeness (QED) is 0.657. The molecule has 0 aliphatic heterocycles. The number of thiazole rings is 1. The van der Waals surface area contributed by atoms with Crippen molar-refractivity contribution >= 4 is 23.2 Å². The summed E-state index contributed by atoms with van der Waals surface area (Å²) in [4.78, 5) is 30.5. The van der Waals surface area contributed by atoms with Crippen LogP contribution in [0.3, 0.4) is 0 Å². The Hall–Kier alpha value is -2.61. The molecule has 140 valence electrons. The highest BCUT2D eigenvalue weighted by atomic mass is 32.1. The summed E-state index contributed by atoms with van der Waals surface area (Å²) in [5.41, 5.74) is 0.699. The Morgan fingerprint density at radius 3 is 2.58 bits per heavy atom. The average molecular weight is 378 g/mol. The maximum absolute atomic E-state index is 13.0. The molecule has 0 spiro atoms. The minimum atomic E-state index is -0.488. The molecule has 0 saturated carbocycles. The zero-order valence-corrected chi connectivity index (χ0v) is 16.1. The van der Waals surface area contributed by atoms with E-state index in [-0.39, 0.29) is 11.6 Å². The van der Waals surface area contributed by atoms with Crippen LogP contribution in [0, 0.1) is 0 Å². The average Bonchev–Trinajstić information content (AvgIpc) is 3.14. The van der Waals surface area contributed by atoms with Crippen molar-refractivity contribution in [2.45, 2.75) is 19.9 Å². The molecule has 0 radical (unpaired) electrons. The number of aromatic nitrogens is 1. The highest BCUT2D eigenvalue weighted by molar-refractivity contribution is 7.09. The van der Waals surface area contributed by atoms with Gasteiger partial charge in [0.05, 0.1) is 33.4 Å². The molecule has 8 heteroatoms. The lowest BCUT2D eigenvalue weighted by molar-refractivity contribution is 0.0594. The third kappa shape index (κ3) is 4.51. The van der Waals surface area contributed by atoms with Gasteiger partial charge >= 0.3 is 5.97 Å². The van der Waals surface area contributed by atoms with E-state index in [1.54, 1.807) is 35.6 Å². The van der Waals surface area contributed by atoms with Crippen molar-refractivity contribution in [3.63, 3.8) is 0 Å². The maximum Gasteiger partial charge on any atom is 0.357 e. The van der Waals surface area contributed by atoms with Crippen molar-refractivity contribution in [2.24, 2.45) is 0 Å². The number of hydrogen-bond donors (Lipinski definition) is 0. The van der Waals surface area contributed by atoms with Crippen LogP contribution < -0.4 is 9.47 Å². The first kappa shape index (κ1) is 19.7. The molecule has 26 heavy (non-hydrogen) atoms. The number of ether oxygens (including phenoxy) is 3. The Kier molecular flexibility index (Phi) is 6.97. The molecular formula is C18H22N2O5S. The lowest BCUT2D eigenvalue weighted by Crippen LogP contribution is -2.31. The molecular weight excluding hydrogens is 356 g/mol. The number of hydrogen-bond acceptors (Lipinski definition) is 7. The van der Waals surface area contributed by atoms with E-state index in [2.05, 4.69) is 9.72 Å². The Morgan fingerprint density at radius 1 is 1.19 bits per heavy atom. The molecule has 0 saturated heterocycles. The van der Waals surface area contributed by atoms with Crippen molar-refractivity contribution in [1.82, 2.24) is 9.88 Å². The molecule has 0 aliphatic carbocycles. The van der Waals surface area contributed by atoms with Gasteiger partial charge in [0, 0.05) is 18.0 Å². The summed E-state index contributed by atoms with van der Waals surface area (Å²) in [6.07, 6.45) is 0.791. The zero-order valence-electron chi connectivity index (χ0n) is 15.3. The van der Waals surface area contributed by atoms with Gasteiger partial charge in [-0.15, -0.1) is 11.3 Å². The fourth-order valence-electron chi connectivity index (χ4n) is 2.41. The second kappa shape index (κ2) is 9.19. The predicted molar refractivity (Wildman–Crippen MR) is 98.0 cm³/mol. The lowest BCUT2D eigenvalue weighted by atomic mass is 10.1. The SMILES string of the molecule is CCCN(Cc1nc(C(=O)OC)cs1)C(=O)c1ccc(OC)cc1OC. The molecule has 2 aromatic rings. The van der Waals surface area contributed by atoms with Crippen molar-refractivity contribution in [1.29, 1.82) is 0 Å². The number of methoxy groups -OCH3 is 3. The first-order valence-corrected chi connectivity index (χ1v) is 8.96. The minimum absolute atomic E-state index is 0.166. The van der Waals surface area contributed by atoms with Crippen LogP contribution in [0.5, 0.6) is 11.5 Å². The van der Waals surface area contributed by atoms with Crippen LogP contribution in [-0.4, -0.2) is 49.6 Å². The predicted octanol–water partition coefficient (Wildman–Crippen LogP) is 3.00. The summed E-state index contributed by atoms with van der Waals surface area (Å²) < 4.78 is 15.2. The molecule has 1 aromatic carbocycles. The third-order valence-electron chi connectivity index (χ3n) is 3.69. The van der Waals surface area contributed by atoms with Gasteiger partial charge < -0.3 is 19.1 Å². The molecule has 2 rings (SSSR count). The van der Waals surface area contributed by atoms with E-state index >= 15 is 0 Å². The number of carbonyl (C=O) groups excluding carboxylic acids is 2. The van der Waals surface area contributed by atoms with Crippen molar-refractivity contribution in [3.05, 3.63) is 39.8 Å². The molecule has 7 nitrogen and oxygen atoms in total. The molecule has 0 N–H and O–H groups in total. The van der Waals surface area contributed by atoms with E-state index in [0.29, 0.717) is 35.2 Å². The Balaban J connectivity index is 2.24. The van der Waals surface area contributed by atoms with E-state index in [1.807, 2.05) is 6.92 Å². The van der Waals surface area contributed by atoms with Gasteiger partial charge in [0.1, 0.15) is 16.5 Å². The van der Waals surface area contributed by atoms with Gasteiger partial charge in [0.25, 0.3) is 5.91 Å². The largest absolute Gasteiger partial charge is 0.497 e. The van der Waals surface area contributed by atoms with E-state index in [1.165, 1.54) is 25.6 Å². The zero-order chi connectivity index (χ0) is 19.1. The van der Waals surface area contributed by atoms with Crippen LogP contribution in [0.4, 0.5) is 0 Å². The molecule has 1 amide bonds. The Bertz CT molecular complexity index is 775. The molecule has 1 aromatic heterocycles. The van der Waals surface area contributed by atoms with Crippen LogP contribution in [0.1, 0.15) is 39.2 Å². The third-order valence-corrected chi connectivity index (χ3v) is 4.53. The van der Waals surface area contributed by atoms with Crippen LogP contribution >= 0.6 is 11.3 Å². The summed E-state index contributed by atoms with van der Waals surface area (Å²) in [5.74, 6) is 0.409. The Morgan fingerprint density at radius 2 is 1.96 bits per heavy atom. The topological polar surface area (TPSA) is 78.0 Å². The maximum atomic E-state index is 13.0. The summed E-state index contributed by atoms with van der Waals surface area (Å²) >= 11 is 1.32. The smallest absolute Gasteiger partial charge is 0.357 e. The van der Waals surface area contributed by atoms with Crippen LogP contribution in [0.2, 0.25) is 0 Å². The summed E-state index contributed by atoms with van der Waals surface area (Å²) in [7, 11) is 4.38. The number of benzene rings is 1. The molecule has 0 atom stereocenters. The van der Waals surface area contributed by atoms with Gasteiger partial charge in [-0.05, 0) is 18.6 Å². The lowest BCUT2D eigenvalue weighted by Gasteiger charge is -2.22. The first-order valence-electron chi connectivity index (χ1n) is 8.08. The molecule has 0 aliphatic rings. The fourth-order valence-corrected chi connectivity index (χ4v) is 3.19. The molecule has 1 heterocycles. The van der Waals surface area contributed by atoms with Gasteiger partial charge in [0.2, 0.25) is 0 Å². The molecule has 0 fully saturated rings. The second-order valence-corrected chi connectivity index (χ2v) is 6.35. The van der Waals surface area contributed by atoms with Crippen molar-refractivity contribution in [3.8, 4) is 11.5 Å². The van der Waals surface area contributed by atoms with Crippen molar-refractivity contribution in [2.75, 3.05) is 27.9 Å². The normalized spacial score (nSPS) is 10.3. The van der Waals surface area contributed by atoms with Gasteiger partial charge in [-0.3, -0.25) is 4.79 Å². The van der Waals surface area contributed by atoms with Gasteiger partial charge in [-0.2, -0.15) is 0 Å². The molecule has 0 bridgehead atoms. The second-order valence-electron chi connectivity index (χ2n) is 5.41. The van der Waals surface area contributed by atoms with Crippen LogP contribution in [-0.2, 0) is 11.3 Å². The number of rotatable bonds is 8. The van der Waals surface area contributed by atoms with Crippen LogP contribution in [0.15, 0.2) is 23.6 Å². The van der Waals surface area contributed by atoms with E-state index in [9.17, 15) is 9.59 Å². The fraction of sp³-hybridized carbons (Fsp3) is 0.389.